The highest BCUT2D eigenvalue weighted by molar-refractivity contribution is 5.88. The van der Waals surface area contributed by atoms with Gasteiger partial charge in [0.1, 0.15) is 0 Å². The Kier molecular flexibility index (Phi) is 4.64. The van der Waals surface area contributed by atoms with Gasteiger partial charge in [0.05, 0.1) is 22.9 Å². The van der Waals surface area contributed by atoms with Gasteiger partial charge in [0, 0.05) is 29.9 Å². The Morgan fingerprint density at radius 2 is 1.85 bits per heavy atom. The molecular weight excluding hydrogens is 358 g/mol. The van der Waals surface area contributed by atoms with Gasteiger partial charge in [-0.2, -0.15) is 5.10 Å². The molecule has 1 aliphatic heterocycles. The third-order valence-corrected chi connectivity index (χ3v) is 5.06. The van der Waals surface area contributed by atoms with Crippen LogP contribution in [0.15, 0.2) is 54.7 Å². The van der Waals surface area contributed by atoms with Gasteiger partial charge in [0.25, 0.3) is 0 Å². The van der Waals surface area contributed by atoms with Crippen molar-refractivity contribution in [3.63, 3.8) is 0 Å². The van der Waals surface area contributed by atoms with E-state index in [4.69, 9.17) is 0 Å². The molecule has 0 radical (unpaired) electrons. The highest BCUT2D eigenvalue weighted by atomic mass is 35.5. The van der Waals surface area contributed by atoms with Gasteiger partial charge >= 0.3 is 0 Å². The number of aromatic nitrogens is 4. The molecule has 0 atom stereocenters. The maximum absolute atomic E-state index is 4.48. The largest absolute Gasteiger partial charge is 0.313 e. The van der Waals surface area contributed by atoms with Crippen molar-refractivity contribution in [1.82, 2.24) is 25.3 Å². The molecule has 5 nitrogen and oxygen atoms in total. The molecule has 27 heavy (non-hydrogen) atoms. The van der Waals surface area contributed by atoms with E-state index in [0.29, 0.717) is 0 Å². The van der Waals surface area contributed by atoms with Crippen LogP contribution in [0.3, 0.4) is 0 Å². The lowest BCUT2D eigenvalue weighted by Crippen LogP contribution is -2.19. The van der Waals surface area contributed by atoms with Crippen molar-refractivity contribution < 1.29 is 0 Å². The number of hydrogen-bond acceptors (Lipinski definition) is 4. The van der Waals surface area contributed by atoms with Gasteiger partial charge in [-0.05, 0) is 48.4 Å². The van der Waals surface area contributed by atoms with Crippen LogP contribution < -0.4 is 5.32 Å². The number of nitrogens with one attached hydrogen (secondary N) is 1. The summed E-state index contributed by atoms with van der Waals surface area (Å²) in [5.41, 5.74) is 6.63. The summed E-state index contributed by atoms with van der Waals surface area (Å²) in [4.78, 5) is 0. The summed E-state index contributed by atoms with van der Waals surface area (Å²) in [6.45, 7) is 1.97. The lowest BCUT2D eigenvalue weighted by molar-refractivity contribution is 0.738. The summed E-state index contributed by atoms with van der Waals surface area (Å²) >= 11 is 0. The molecule has 2 aromatic heterocycles. The molecule has 0 fully saturated rings. The molecule has 0 aliphatic carbocycles. The smallest absolute Gasteiger partial charge is 0.0936 e. The molecule has 136 valence electrons. The van der Waals surface area contributed by atoms with Gasteiger partial charge in [0.2, 0.25) is 0 Å². The molecule has 0 saturated heterocycles. The Hall–Kier alpha value is -2.76. The standard InChI is InChI=1S/C21H19N5.ClH/c1-26-21-5-4-16(10-18(21)13-23-26)20-12-17-3-2-15(11-19(17)24-25-20)14-6-8-22-9-7-14;/h2-6,10-13,22H,7-9H2,1H3;1H. The molecule has 0 amide bonds. The van der Waals surface area contributed by atoms with Gasteiger partial charge < -0.3 is 5.32 Å². The predicted octanol–water partition coefficient (Wildman–Crippen LogP) is 3.98. The summed E-state index contributed by atoms with van der Waals surface area (Å²) in [5.74, 6) is 0. The normalized spacial score (nSPS) is 14.2. The van der Waals surface area contributed by atoms with Crippen LogP contribution in [0.2, 0.25) is 0 Å². The Balaban J connectivity index is 0.00000180. The van der Waals surface area contributed by atoms with Crippen molar-refractivity contribution in [2.24, 2.45) is 7.05 Å². The van der Waals surface area contributed by atoms with Gasteiger partial charge in [-0.1, -0.05) is 24.3 Å². The van der Waals surface area contributed by atoms with Gasteiger partial charge in [-0.25, -0.2) is 0 Å². The number of nitrogens with zero attached hydrogens (tertiary/aromatic N) is 4. The topological polar surface area (TPSA) is 55.6 Å². The van der Waals surface area contributed by atoms with Crippen molar-refractivity contribution in [3.8, 4) is 11.3 Å². The molecule has 1 N–H and O–H groups in total. The second-order valence-electron chi connectivity index (χ2n) is 6.73. The van der Waals surface area contributed by atoms with Crippen LogP contribution >= 0.6 is 12.4 Å². The van der Waals surface area contributed by atoms with Crippen molar-refractivity contribution in [1.29, 1.82) is 0 Å². The summed E-state index contributed by atoms with van der Waals surface area (Å²) in [5, 5.41) is 18.8. The van der Waals surface area contributed by atoms with E-state index in [2.05, 4.69) is 69.2 Å². The molecule has 2 aromatic carbocycles. The molecule has 3 heterocycles. The number of fused-ring (bicyclic) bond motifs is 2. The van der Waals surface area contributed by atoms with Crippen LogP contribution in [0, 0.1) is 0 Å². The lowest BCUT2D eigenvalue weighted by atomic mass is 9.98. The maximum atomic E-state index is 4.48. The molecule has 4 aromatic rings. The van der Waals surface area contributed by atoms with E-state index < -0.39 is 0 Å². The fraction of sp³-hybridized carbons (Fsp3) is 0.190. The van der Waals surface area contributed by atoms with Crippen LogP contribution in [0.25, 0.3) is 38.6 Å². The van der Waals surface area contributed by atoms with Gasteiger partial charge in [0.15, 0.2) is 0 Å². The SMILES string of the molecule is Cl.Cn1ncc2cc(-c3cc4ccc(C5=CCNCC5)cc4nn3)ccc21. The van der Waals surface area contributed by atoms with E-state index in [1.165, 1.54) is 11.1 Å². The van der Waals surface area contributed by atoms with Gasteiger partial charge in [-0.3, -0.25) is 4.68 Å². The van der Waals surface area contributed by atoms with Crippen LogP contribution in [-0.2, 0) is 7.05 Å². The fourth-order valence-corrected chi connectivity index (χ4v) is 3.58. The Morgan fingerprint density at radius 3 is 2.70 bits per heavy atom. The molecule has 6 heteroatoms. The van der Waals surface area contributed by atoms with E-state index in [1.807, 2.05) is 17.9 Å². The van der Waals surface area contributed by atoms with E-state index in [0.717, 1.165) is 52.6 Å². The maximum Gasteiger partial charge on any atom is 0.0936 e. The molecule has 0 bridgehead atoms. The Bertz CT molecular complexity index is 1160. The zero-order valence-corrected chi connectivity index (χ0v) is 15.8. The lowest BCUT2D eigenvalue weighted by Gasteiger charge is -2.14. The average molecular weight is 378 g/mol. The van der Waals surface area contributed by atoms with Crippen LogP contribution in [0.1, 0.15) is 12.0 Å². The first kappa shape index (κ1) is 17.6. The first-order valence-corrected chi connectivity index (χ1v) is 8.88. The Labute approximate surface area is 163 Å². The third kappa shape index (κ3) is 3.20. The van der Waals surface area contributed by atoms with Gasteiger partial charge in [-0.15, -0.1) is 22.6 Å². The highest BCUT2D eigenvalue weighted by Gasteiger charge is 2.09. The average Bonchev–Trinajstić information content (AvgIpc) is 3.08. The van der Waals surface area contributed by atoms with E-state index in [-0.39, 0.29) is 12.4 Å². The van der Waals surface area contributed by atoms with E-state index >= 15 is 0 Å². The minimum Gasteiger partial charge on any atom is -0.313 e. The summed E-state index contributed by atoms with van der Waals surface area (Å²) < 4.78 is 1.88. The summed E-state index contributed by atoms with van der Waals surface area (Å²) in [6, 6.07) is 14.9. The molecule has 5 rings (SSSR count). The zero-order valence-electron chi connectivity index (χ0n) is 15.0. The molecule has 0 spiro atoms. The number of aryl methyl sites for hydroxylation is 1. The van der Waals surface area contributed by atoms with Crippen LogP contribution in [-0.4, -0.2) is 33.1 Å². The number of rotatable bonds is 2. The molecule has 0 unspecified atom stereocenters. The fourth-order valence-electron chi connectivity index (χ4n) is 3.58. The van der Waals surface area contributed by atoms with Crippen molar-refractivity contribution in [2.75, 3.05) is 13.1 Å². The highest BCUT2D eigenvalue weighted by Crippen LogP contribution is 2.27. The summed E-state index contributed by atoms with van der Waals surface area (Å²) in [6.07, 6.45) is 5.20. The molecule has 1 aliphatic rings. The minimum absolute atomic E-state index is 0. The second kappa shape index (κ2) is 7.10. The second-order valence-corrected chi connectivity index (χ2v) is 6.73. The van der Waals surface area contributed by atoms with Crippen molar-refractivity contribution in [3.05, 3.63) is 60.3 Å². The van der Waals surface area contributed by atoms with E-state index in [1.54, 1.807) is 0 Å². The molecular formula is C21H20ClN5. The van der Waals surface area contributed by atoms with Crippen LogP contribution in [0.5, 0.6) is 0 Å². The Morgan fingerprint density at radius 1 is 0.963 bits per heavy atom. The van der Waals surface area contributed by atoms with Crippen molar-refractivity contribution in [2.45, 2.75) is 6.42 Å². The van der Waals surface area contributed by atoms with E-state index in [9.17, 15) is 0 Å². The number of benzene rings is 2. The zero-order chi connectivity index (χ0) is 17.5. The first-order chi connectivity index (χ1) is 12.8. The molecule has 0 saturated carbocycles. The third-order valence-electron chi connectivity index (χ3n) is 5.06. The number of hydrogen-bond donors (Lipinski definition) is 1. The minimum atomic E-state index is 0. The number of halogens is 1. The monoisotopic (exact) mass is 377 g/mol. The predicted molar refractivity (Wildman–Crippen MR) is 112 cm³/mol. The summed E-state index contributed by atoms with van der Waals surface area (Å²) in [7, 11) is 1.95. The quantitative estimate of drug-likeness (QED) is 0.574. The first-order valence-electron chi connectivity index (χ1n) is 8.88. The van der Waals surface area contributed by atoms with Crippen LogP contribution in [0.4, 0.5) is 0 Å². The van der Waals surface area contributed by atoms with Crippen molar-refractivity contribution >= 4 is 39.8 Å².